The van der Waals surface area contributed by atoms with Crippen LogP contribution in [-0.4, -0.2) is 12.7 Å². The minimum atomic E-state index is 0.518. The lowest BCUT2D eigenvalue weighted by Crippen LogP contribution is -2.18. The van der Waals surface area contributed by atoms with Gasteiger partial charge < -0.3 is 4.74 Å². The van der Waals surface area contributed by atoms with Crippen LogP contribution in [0.3, 0.4) is 0 Å². The third-order valence-corrected chi connectivity index (χ3v) is 3.30. The number of hydrogen-bond acceptors (Lipinski definition) is 1. The van der Waals surface area contributed by atoms with Crippen LogP contribution in [0.5, 0.6) is 0 Å². The average Bonchev–Trinajstić information content (AvgIpc) is 2.58. The first-order chi connectivity index (χ1) is 5.68. The topological polar surface area (TPSA) is 9.23 Å². The van der Waals surface area contributed by atoms with Crippen molar-refractivity contribution in [2.24, 2.45) is 17.8 Å². The van der Waals surface area contributed by atoms with Gasteiger partial charge in [-0.05, 0) is 30.6 Å². The molecule has 1 saturated carbocycles. The summed E-state index contributed by atoms with van der Waals surface area (Å²) >= 11 is 0. The van der Waals surface area contributed by atoms with Crippen LogP contribution in [0.4, 0.5) is 0 Å². The van der Waals surface area contributed by atoms with E-state index < -0.39 is 0 Å². The quantitative estimate of drug-likeness (QED) is 0.573. The molecule has 4 atom stereocenters. The fourth-order valence-corrected chi connectivity index (χ4v) is 2.23. The summed E-state index contributed by atoms with van der Waals surface area (Å²) in [6.45, 7) is 9.55. The van der Waals surface area contributed by atoms with Crippen molar-refractivity contribution >= 4 is 0 Å². The number of hydrogen-bond donors (Lipinski definition) is 0. The van der Waals surface area contributed by atoms with Gasteiger partial charge in [-0.1, -0.05) is 26.0 Å². The third kappa shape index (κ3) is 1.42. The lowest BCUT2D eigenvalue weighted by atomic mass is 9.94. The summed E-state index contributed by atoms with van der Waals surface area (Å²) in [4.78, 5) is 0. The Morgan fingerprint density at radius 3 is 2.67 bits per heavy atom. The Balaban J connectivity index is 1.88. The smallest absolute Gasteiger partial charge is 0.0610 e. The molecule has 2 rings (SSSR count). The number of ether oxygens (including phenoxy) is 1. The molecule has 1 nitrogen and oxygen atoms in total. The summed E-state index contributed by atoms with van der Waals surface area (Å²) in [6, 6.07) is 0. The fraction of sp³-hybridized carbons (Fsp3) is 0.818. The van der Waals surface area contributed by atoms with E-state index in [1.807, 2.05) is 0 Å². The molecular formula is C11H18O. The Kier molecular flexibility index (Phi) is 1.99. The molecule has 0 aromatic heterocycles. The van der Waals surface area contributed by atoms with Gasteiger partial charge in [0.25, 0.3) is 0 Å². The standard InChI is InChI=1S/C11H18O/c1-7-4-11(12-6-7)9(3)10-5-8(10)2/h7,9-11H,2,4-6H2,1,3H3. The molecule has 1 aliphatic carbocycles. The highest BCUT2D eigenvalue weighted by molar-refractivity contribution is 5.20. The van der Waals surface area contributed by atoms with Gasteiger partial charge in [0.2, 0.25) is 0 Å². The second-order valence-corrected chi connectivity index (χ2v) is 4.54. The molecule has 1 heterocycles. The molecule has 1 saturated heterocycles. The predicted molar refractivity (Wildman–Crippen MR) is 49.9 cm³/mol. The lowest BCUT2D eigenvalue weighted by Gasteiger charge is -2.17. The van der Waals surface area contributed by atoms with E-state index in [1.165, 1.54) is 18.4 Å². The SMILES string of the molecule is C=C1CC1C(C)C1CC(C)CO1. The molecule has 4 unspecified atom stereocenters. The first-order valence-electron chi connectivity index (χ1n) is 4.97. The van der Waals surface area contributed by atoms with Gasteiger partial charge in [0.15, 0.2) is 0 Å². The zero-order valence-electron chi connectivity index (χ0n) is 8.05. The lowest BCUT2D eigenvalue weighted by molar-refractivity contribution is 0.0613. The Hall–Kier alpha value is -0.300. The van der Waals surface area contributed by atoms with Gasteiger partial charge in [0.05, 0.1) is 6.10 Å². The van der Waals surface area contributed by atoms with Crippen LogP contribution in [0.15, 0.2) is 12.2 Å². The summed E-state index contributed by atoms with van der Waals surface area (Å²) in [7, 11) is 0. The summed E-state index contributed by atoms with van der Waals surface area (Å²) in [5.41, 5.74) is 1.44. The van der Waals surface area contributed by atoms with Crippen molar-refractivity contribution in [2.45, 2.75) is 32.8 Å². The van der Waals surface area contributed by atoms with Gasteiger partial charge in [-0.2, -0.15) is 0 Å². The molecule has 1 heteroatoms. The molecule has 2 aliphatic rings. The molecular weight excluding hydrogens is 148 g/mol. The first kappa shape index (κ1) is 8.31. The normalized spacial score (nSPS) is 43.2. The highest BCUT2D eigenvalue weighted by Crippen LogP contribution is 2.45. The van der Waals surface area contributed by atoms with Gasteiger partial charge in [-0.25, -0.2) is 0 Å². The van der Waals surface area contributed by atoms with Crippen LogP contribution in [-0.2, 0) is 4.74 Å². The molecule has 0 bridgehead atoms. The Morgan fingerprint density at radius 2 is 2.25 bits per heavy atom. The summed E-state index contributed by atoms with van der Waals surface area (Å²) in [6.07, 6.45) is 3.02. The van der Waals surface area contributed by atoms with Gasteiger partial charge >= 0.3 is 0 Å². The monoisotopic (exact) mass is 166 g/mol. The molecule has 0 aromatic carbocycles. The molecule has 0 amide bonds. The van der Waals surface area contributed by atoms with E-state index in [4.69, 9.17) is 4.74 Å². The van der Waals surface area contributed by atoms with Gasteiger partial charge in [0.1, 0.15) is 0 Å². The minimum absolute atomic E-state index is 0.518. The second-order valence-electron chi connectivity index (χ2n) is 4.54. The van der Waals surface area contributed by atoms with E-state index >= 15 is 0 Å². The zero-order valence-corrected chi connectivity index (χ0v) is 8.05. The van der Waals surface area contributed by atoms with Crippen LogP contribution in [0.2, 0.25) is 0 Å². The Morgan fingerprint density at radius 1 is 1.58 bits per heavy atom. The molecule has 68 valence electrons. The van der Waals surface area contributed by atoms with E-state index in [0.29, 0.717) is 12.0 Å². The van der Waals surface area contributed by atoms with Gasteiger partial charge in [-0.3, -0.25) is 0 Å². The molecule has 0 radical (unpaired) electrons. The van der Waals surface area contributed by atoms with Crippen LogP contribution in [0.25, 0.3) is 0 Å². The van der Waals surface area contributed by atoms with Crippen LogP contribution >= 0.6 is 0 Å². The fourth-order valence-electron chi connectivity index (χ4n) is 2.23. The van der Waals surface area contributed by atoms with Gasteiger partial charge in [-0.15, -0.1) is 0 Å². The second kappa shape index (κ2) is 2.88. The number of allylic oxidation sites excluding steroid dienone is 1. The summed E-state index contributed by atoms with van der Waals surface area (Å²) in [5.74, 6) is 2.26. The van der Waals surface area contributed by atoms with E-state index in [9.17, 15) is 0 Å². The van der Waals surface area contributed by atoms with Crippen molar-refractivity contribution in [3.05, 3.63) is 12.2 Å². The average molecular weight is 166 g/mol. The van der Waals surface area contributed by atoms with E-state index in [1.54, 1.807) is 0 Å². The highest BCUT2D eigenvalue weighted by atomic mass is 16.5. The van der Waals surface area contributed by atoms with E-state index in [0.717, 1.165) is 18.4 Å². The molecule has 0 spiro atoms. The molecule has 0 aromatic rings. The van der Waals surface area contributed by atoms with E-state index in [2.05, 4.69) is 20.4 Å². The minimum Gasteiger partial charge on any atom is -0.378 e. The third-order valence-electron chi connectivity index (χ3n) is 3.30. The molecule has 2 fully saturated rings. The maximum absolute atomic E-state index is 5.74. The van der Waals surface area contributed by atoms with E-state index in [-0.39, 0.29) is 0 Å². The van der Waals surface area contributed by atoms with Gasteiger partial charge in [0, 0.05) is 6.61 Å². The maximum Gasteiger partial charge on any atom is 0.0610 e. The predicted octanol–water partition coefficient (Wildman–Crippen LogP) is 2.62. The van der Waals surface area contributed by atoms with Crippen molar-refractivity contribution in [1.29, 1.82) is 0 Å². The zero-order chi connectivity index (χ0) is 8.72. The maximum atomic E-state index is 5.74. The van der Waals surface area contributed by atoms with Crippen LogP contribution in [0, 0.1) is 17.8 Å². The van der Waals surface area contributed by atoms with Crippen LogP contribution < -0.4 is 0 Å². The van der Waals surface area contributed by atoms with Crippen molar-refractivity contribution in [3.63, 3.8) is 0 Å². The molecule has 0 N–H and O–H groups in total. The van der Waals surface area contributed by atoms with Crippen molar-refractivity contribution in [3.8, 4) is 0 Å². The Bertz CT molecular complexity index is 197. The first-order valence-corrected chi connectivity index (χ1v) is 4.97. The highest BCUT2D eigenvalue weighted by Gasteiger charge is 2.39. The molecule has 1 aliphatic heterocycles. The number of rotatable bonds is 2. The van der Waals surface area contributed by atoms with Crippen molar-refractivity contribution in [1.82, 2.24) is 0 Å². The van der Waals surface area contributed by atoms with Crippen molar-refractivity contribution in [2.75, 3.05) is 6.61 Å². The largest absolute Gasteiger partial charge is 0.378 e. The summed E-state index contributed by atoms with van der Waals surface area (Å²) < 4.78 is 5.74. The molecule has 12 heavy (non-hydrogen) atoms. The van der Waals surface area contributed by atoms with Crippen LogP contribution in [0.1, 0.15) is 26.7 Å². The van der Waals surface area contributed by atoms with Crippen molar-refractivity contribution < 1.29 is 4.74 Å². The Labute approximate surface area is 74.8 Å². The summed E-state index contributed by atoms with van der Waals surface area (Å²) in [5, 5.41) is 0.